The van der Waals surface area contributed by atoms with Gasteiger partial charge in [0, 0.05) is 7.05 Å². The summed E-state index contributed by atoms with van der Waals surface area (Å²) in [4.78, 5) is 12.8. The zero-order chi connectivity index (χ0) is 10.1. The number of nitrogens with zero attached hydrogens (tertiary/aromatic N) is 1. The highest BCUT2D eigenvalue weighted by molar-refractivity contribution is 5.66. The van der Waals surface area contributed by atoms with Gasteiger partial charge in [0.15, 0.2) is 0 Å². The van der Waals surface area contributed by atoms with Gasteiger partial charge in [-0.1, -0.05) is 0 Å². The number of rotatable bonds is 6. The summed E-state index contributed by atoms with van der Waals surface area (Å²) < 4.78 is 4.83. The second kappa shape index (κ2) is 7.86. The molecule has 0 aromatic heterocycles. The Hall–Kier alpha value is -0.770. The van der Waals surface area contributed by atoms with Gasteiger partial charge in [0.25, 0.3) is 0 Å². The van der Waals surface area contributed by atoms with Gasteiger partial charge < -0.3 is 15.0 Å². The monoisotopic (exact) mass is 188 g/mol. The Morgan fingerprint density at radius 2 is 2.00 bits per heavy atom. The van der Waals surface area contributed by atoms with E-state index in [0.29, 0.717) is 6.61 Å². The molecule has 0 aliphatic rings. The van der Waals surface area contributed by atoms with E-state index in [1.54, 1.807) is 7.05 Å². The quantitative estimate of drug-likeness (QED) is 0.634. The third-order valence-corrected chi connectivity index (χ3v) is 1.69. The van der Waals surface area contributed by atoms with E-state index in [2.05, 4.69) is 24.3 Å². The fraction of sp³-hybridized carbons (Fsp3) is 0.889. The van der Waals surface area contributed by atoms with Gasteiger partial charge in [-0.05, 0) is 39.9 Å². The Kier molecular flexibility index (Phi) is 7.39. The van der Waals surface area contributed by atoms with Crippen LogP contribution in [-0.4, -0.2) is 45.3 Å². The molecule has 1 amide bonds. The average Bonchev–Trinajstić information content (AvgIpc) is 2.10. The van der Waals surface area contributed by atoms with Crippen molar-refractivity contribution in [3.05, 3.63) is 0 Å². The van der Waals surface area contributed by atoms with Gasteiger partial charge in [0.2, 0.25) is 0 Å². The normalized spacial score (nSPS) is 10.2. The fourth-order valence-electron chi connectivity index (χ4n) is 0.944. The van der Waals surface area contributed by atoms with Crippen LogP contribution in [0.4, 0.5) is 4.79 Å². The van der Waals surface area contributed by atoms with Gasteiger partial charge in [-0.2, -0.15) is 0 Å². The lowest BCUT2D eigenvalue weighted by Crippen LogP contribution is -2.19. The van der Waals surface area contributed by atoms with Crippen LogP contribution in [0.15, 0.2) is 0 Å². The maximum absolute atomic E-state index is 10.6. The highest BCUT2D eigenvalue weighted by Crippen LogP contribution is 1.96. The molecule has 0 aromatic carbocycles. The zero-order valence-corrected chi connectivity index (χ0v) is 8.80. The number of ether oxygens (including phenoxy) is 1. The molecule has 0 aromatic rings. The van der Waals surface area contributed by atoms with E-state index >= 15 is 0 Å². The number of unbranched alkanes of at least 4 members (excludes halogenated alkanes) is 2. The van der Waals surface area contributed by atoms with E-state index in [1.807, 2.05) is 0 Å². The molecule has 0 aliphatic heterocycles. The highest BCUT2D eigenvalue weighted by Gasteiger charge is 1.96. The fourth-order valence-corrected chi connectivity index (χ4v) is 0.944. The van der Waals surface area contributed by atoms with Crippen LogP contribution in [0, 0.1) is 0 Å². The van der Waals surface area contributed by atoms with Crippen molar-refractivity contribution in [1.82, 2.24) is 10.2 Å². The predicted octanol–water partition coefficient (Wildman–Crippen LogP) is 1.07. The topological polar surface area (TPSA) is 41.6 Å². The molecule has 0 aliphatic carbocycles. The number of hydrogen-bond donors (Lipinski definition) is 1. The van der Waals surface area contributed by atoms with E-state index in [-0.39, 0.29) is 6.09 Å². The molecule has 1 N–H and O–H groups in total. The van der Waals surface area contributed by atoms with Crippen LogP contribution in [-0.2, 0) is 4.74 Å². The van der Waals surface area contributed by atoms with Crippen molar-refractivity contribution in [2.45, 2.75) is 19.3 Å². The molecule has 78 valence electrons. The molecule has 0 radical (unpaired) electrons. The maximum atomic E-state index is 10.6. The first-order valence-electron chi connectivity index (χ1n) is 4.66. The number of alkyl carbamates (subject to hydrolysis) is 1. The molecule has 4 nitrogen and oxygen atoms in total. The van der Waals surface area contributed by atoms with E-state index in [0.717, 1.165) is 25.8 Å². The molecule has 0 atom stereocenters. The Labute approximate surface area is 80.2 Å². The summed E-state index contributed by atoms with van der Waals surface area (Å²) >= 11 is 0. The summed E-state index contributed by atoms with van der Waals surface area (Å²) in [5, 5.41) is 2.40. The minimum atomic E-state index is -0.340. The van der Waals surface area contributed by atoms with Crippen molar-refractivity contribution in [2.24, 2.45) is 0 Å². The first-order valence-corrected chi connectivity index (χ1v) is 4.66. The van der Waals surface area contributed by atoms with E-state index < -0.39 is 0 Å². The summed E-state index contributed by atoms with van der Waals surface area (Å²) in [6.45, 7) is 1.62. The van der Waals surface area contributed by atoms with Crippen LogP contribution in [0.2, 0.25) is 0 Å². The van der Waals surface area contributed by atoms with Crippen molar-refractivity contribution in [3.8, 4) is 0 Å². The van der Waals surface area contributed by atoms with Crippen LogP contribution in [0.25, 0.3) is 0 Å². The van der Waals surface area contributed by atoms with Gasteiger partial charge in [-0.25, -0.2) is 4.79 Å². The minimum Gasteiger partial charge on any atom is -0.450 e. The second-order valence-corrected chi connectivity index (χ2v) is 3.25. The standard InChI is InChI=1S/C9H20N2O2/c1-10-9(12)13-8-6-4-5-7-11(2)3/h4-8H2,1-3H3,(H,10,12). The Bertz CT molecular complexity index is 138. The lowest BCUT2D eigenvalue weighted by Gasteiger charge is -2.08. The molecular weight excluding hydrogens is 168 g/mol. The highest BCUT2D eigenvalue weighted by atomic mass is 16.5. The zero-order valence-electron chi connectivity index (χ0n) is 8.80. The number of amides is 1. The molecule has 0 spiro atoms. The number of nitrogens with one attached hydrogen (secondary N) is 1. The number of carbonyl (C=O) groups is 1. The van der Waals surface area contributed by atoms with Gasteiger partial charge in [-0.3, -0.25) is 0 Å². The van der Waals surface area contributed by atoms with Crippen LogP contribution < -0.4 is 5.32 Å². The summed E-state index contributed by atoms with van der Waals surface area (Å²) in [5.41, 5.74) is 0. The largest absolute Gasteiger partial charge is 0.450 e. The molecule has 0 fully saturated rings. The van der Waals surface area contributed by atoms with Gasteiger partial charge >= 0.3 is 6.09 Å². The summed E-state index contributed by atoms with van der Waals surface area (Å²) in [7, 11) is 5.68. The Balaban J connectivity index is 3.04. The molecule has 4 heteroatoms. The molecule has 0 saturated carbocycles. The molecule has 13 heavy (non-hydrogen) atoms. The van der Waals surface area contributed by atoms with Crippen molar-refractivity contribution in [1.29, 1.82) is 0 Å². The average molecular weight is 188 g/mol. The molecule has 0 unspecified atom stereocenters. The van der Waals surface area contributed by atoms with Crippen LogP contribution in [0.3, 0.4) is 0 Å². The van der Waals surface area contributed by atoms with Crippen LogP contribution >= 0.6 is 0 Å². The Morgan fingerprint density at radius 3 is 2.54 bits per heavy atom. The van der Waals surface area contributed by atoms with Gasteiger partial charge in [0.05, 0.1) is 6.61 Å². The smallest absolute Gasteiger partial charge is 0.406 e. The predicted molar refractivity (Wildman–Crippen MR) is 52.8 cm³/mol. The molecular formula is C9H20N2O2. The first kappa shape index (κ1) is 12.2. The Morgan fingerprint density at radius 1 is 1.31 bits per heavy atom. The van der Waals surface area contributed by atoms with Gasteiger partial charge in [0.1, 0.15) is 0 Å². The van der Waals surface area contributed by atoms with Crippen molar-refractivity contribution >= 4 is 6.09 Å². The van der Waals surface area contributed by atoms with Gasteiger partial charge in [-0.15, -0.1) is 0 Å². The number of hydrogen-bond acceptors (Lipinski definition) is 3. The third-order valence-electron chi connectivity index (χ3n) is 1.69. The van der Waals surface area contributed by atoms with E-state index in [4.69, 9.17) is 4.74 Å². The summed E-state index contributed by atoms with van der Waals surface area (Å²) in [6.07, 6.45) is 2.87. The minimum absolute atomic E-state index is 0.340. The number of carbonyl (C=O) groups excluding carboxylic acids is 1. The SMILES string of the molecule is CNC(=O)OCCCCCN(C)C. The molecule has 0 saturated heterocycles. The summed E-state index contributed by atoms with van der Waals surface area (Å²) in [5.74, 6) is 0. The van der Waals surface area contributed by atoms with Crippen LogP contribution in [0.5, 0.6) is 0 Å². The second-order valence-electron chi connectivity index (χ2n) is 3.25. The first-order chi connectivity index (χ1) is 6.16. The molecule has 0 bridgehead atoms. The van der Waals surface area contributed by atoms with Crippen molar-refractivity contribution in [3.63, 3.8) is 0 Å². The van der Waals surface area contributed by atoms with E-state index in [1.165, 1.54) is 0 Å². The summed E-state index contributed by atoms with van der Waals surface area (Å²) in [6, 6.07) is 0. The van der Waals surface area contributed by atoms with Crippen LogP contribution in [0.1, 0.15) is 19.3 Å². The lowest BCUT2D eigenvalue weighted by atomic mass is 10.2. The molecule has 0 heterocycles. The van der Waals surface area contributed by atoms with E-state index in [9.17, 15) is 4.79 Å². The van der Waals surface area contributed by atoms with Crippen molar-refractivity contribution in [2.75, 3.05) is 34.3 Å². The third kappa shape index (κ3) is 9.14. The lowest BCUT2D eigenvalue weighted by molar-refractivity contribution is 0.146. The maximum Gasteiger partial charge on any atom is 0.406 e. The van der Waals surface area contributed by atoms with Crippen molar-refractivity contribution < 1.29 is 9.53 Å². The molecule has 0 rings (SSSR count).